The van der Waals surface area contributed by atoms with Crippen molar-refractivity contribution in [3.8, 4) is 0 Å². The Bertz CT molecular complexity index is 1610. The van der Waals surface area contributed by atoms with E-state index >= 15 is 0 Å². The number of pyridine rings is 2. The highest BCUT2D eigenvalue weighted by molar-refractivity contribution is 5.85. The van der Waals surface area contributed by atoms with Crippen LogP contribution in [0.25, 0.3) is 10.9 Å². The Morgan fingerprint density at radius 3 is 2.13 bits per heavy atom. The summed E-state index contributed by atoms with van der Waals surface area (Å²) in [5.74, 6) is 0.785. The molecular formula is C39H47N7. The van der Waals surface area contributed by atoms with Crippen LogP contribution in [0, 0.1) is 0 Å². The molecule has 3 N–H and O–H groups in total. The third-order valence-electron chi connectivity index (χ3n) is 9.76. The minimum absolute atomic E-state index is 0.785. The molecular weight excluding hydrogens is 566 g/mol. The fourth-order valence-electron chi connectivity index (χ4n) is 6.89. The fraction of sp³-hybridized carbons (Fsp3) is 0.385. The molecule has 238 valence electrons. The molecule has 1 saturated carbocycles. The Morgan fingerprint density at radius 2 is 1.50 bits per heavy atom. The number of H-pyrrole nitrogens is 1. The molecule has 7 nitrogen and oxygen atoms in total. The van der Waals surface area contributed by atoms with Crippen LogP contribution in [0.2, 0.25) is 0 Å². The van der Waals surface area contributed by atoms with Gasteiger partial charge < -0.3 is 15.6 Å². The van der Waals surface area contributed by atoms with E-state index in [1.807, 2.05) is 36.7 Å². The average molecular weight is 614 g/mol. The van der Waals surface area contributed by atoms with Crippen LogP contribution in [-0.4, -0.2) is 57.5 Å². The normalized spacial score (nSPS) is 15.3. The summed E-state index contributed by atoms with van der Waals surface area (Å²) < 4.78 is 0. The van der Waals surface area contributed by atoms with E-state index in [2.05, 4.69) is 90.0 Å². The Kier molecular flexibility index (Phi) is 10.1. The highest BCUT2D eigenvalue weighted by atomic mass is 15.2. The first kappa shape index (κ1) is 30.8. The Balaban J connectivity index is 0.925. The molecule has 0 saturated heterocycles. The quantitative estimate of drug-likeness (QED) is 0.123. The predicted octanol–water partition coefficient (Wildman–Crippen LogP) is 6.17. The summed E-state index contributed by atoms with van der Waals surface area (Å²) in [4.78, 5) is 17.8. The fourth-order valence-corrected chi connectivity index (χ4v) is 6.89. The zero-order valence-corrected chi connectivity index (χ0v) is 26.9. The molecule has 46 heavy (non-hydrogen) atoms. The molecule has 2 aromatic carbocycles. The topological polar surface area (TPSA) is 72.1 Å². The highest BCUT2D eigenvalue weighted by Gasteiger charge is 2.24. The molecule has 4 heterocycles. The van der Waals surface area contributed by atoms with Crippen LogP contribution in [0.3, 0.4) is 0 Å². The minimum atomic E-state index is 0.785. The van der Waals surface area contributed by atoms with Crippen LogP contribution in [-0.2, 0) is 39.1 Å². The smallest absolute Gasteiger partial charge is 0.0541 e. The van der Waals surface area contributed by atoms with E-state index in [9.17, 15) is 0 Å². The molecule has 0 radical (unpaired) electrons. The van der Waals surface area contributed by atoms with Crippen molar-refractivity contribution in [3.05, 3.63) is 131 Å². The average Bonchev–Trinajstić information content (AvgIpc) is 3.43. The molecule has 3 aromatic heterocycles. The number of fused-ring (bicyclic) bond motifs is 3. The number of nitrogens with zero attached hydrogens (tertiary/aromatic N) is 4. The van der Waals surface area contributed by atoms with Crippen molar-refractivity contribution in [2.24, 2.45) is 0 Å². The van der Waals surface area contributed by atoms with Gasteiger partial charge in [0.25, 0.3) is 0 Å². The number of rotatable bonds is 15. The Morgan fingerprint density at radius 1 is 0.804 bits per heavy atom. The minimum Gasteiger partial charge on any atom is -0.357 e. The molecule has 0 bridgehead atoms. The molecule has 1 aliphatic carbocycles. The van der Waals surface area contributed by atoms with Crippen molar-refractivity contribution < 1.29 is 0 Å². The number of hydrogen-bond donors (Lipinski definition) is 3. The van der Waals surface area contributed by atoms with Gasteiger partial charge in [-0.05, 0) is 83.8 Å². The molecule has 7 rings (SSSR count). The zero-order chi connectivity index (χ0) is 31.0. The predicted molar refractivity (Wildman–Crippen MR) is 186 cm³/mol. The molecule has 1 aliphatic heterocycles. The molecule has 0 spiro atoms. The first-order valence-corrected chi connectivity index (χ1v) is 17.1. The summed E-state index contributed by atoms with van der Waals surface area (Å²) in [6.07, 6.45) is 8.94. The second-order valence-electron chi connectivity index (χ2n) is 13.1. The number of benzene rings is 2. The molecule has 0 unspecified atom stereocenters. The second-order valence-corrected chi connectivity index (χ2v) is 13.1. The number of hydrogen-bond acceptors (Lipinski definition) is 6. The molecule has 1 fully saturated rings. The van der Waals surface area contributed by atoms with Crippen molar-refractivity contribution in [3.63, 3.8) is 0 Å². The van der Waals surface area contributed by atoms with E-state index in [-0.39, 0.29) is 0 Å². The first-order chi connectivity index (χ1) is 22.8. The van der Waals surface area contributed by atoms with Gasteiger partial charge in [-0.15, -0.1) is 0 Å². The monoisotopic (exact) mass is 613 g/mol. The van der Waals surface area contributed by atoms with Crippen LogP contribution < -0.4 is 10.6 Å². The zero-order valence-electron chi connectivity index (χ0n) is 26.9. The lowest BCUT2D eigenvalue weighted by atomic mass is 9.79. The number of aromatic nitrogens is 3. The van der Waals surface area contributed by atoms with Gasteiger partial charge >= 0.3 is 0 Å². The van der Waals surface area contributed by atoms with Gasteiger partial charge in [-0.2, -0.15) is 0 Å². The Labute approximate surface area is 273 Å². The van der Waals surface area contributed by atoms with Crippen molar-refractivity contribution in [1.29, 1.82) is 0 Å². The maximum atomic E-state index is 4.44. The molecule has 5 aromatic rings. The third kappa shape index (κ3) is 7.91. The Hall–Kier alpha value is -3.88. The lowest BCUT2D eigenvalue weighted by Crippen LogP contribution is -2.36. The maximum Gasteiger partial charge on any atom is 0.0541 e. The molecule has 0 atom stereocenters. The van der Waals surface area contributed by atoms with Crippen LogP contribution >= 0.6 is 0 Å². The molecule has 0 amide bonds. The summed E-state index contributed by atoms with van der Waals surface area (Å²) in [7, 11) is 0. The molecule has 7 heteroatoms. The van der Waals surface area contributed by atoms with E-state index in [1.165, 1.54) is 47.0 Å². The van der Waals surface area contributed by atoms with E-state index < -0.39 is 0 Å². The van der Waals surface area contributed by atoms with Gasteiger partial charge in [-0.25, -0.2) is 0 Å². The summed E-state index contributed by atoms with van der Waals surface area (Å²) in [5.41, 5.74) is 10.7. The summed E-state index contributed by atoms with van der Waals surface area (Å²) in [6, 6.07) is 28.6. The van der Waals surface area contributed by atoms with Gasteiger partial charge in [0.05, 0.1) is 11.4 Å². The van der Waals surface area contributed by atoms with Crippen LogP contribution in [0.15, 0.2) is 91.3 Å². The molecule has 2 aliphatic rings. The summed E-state index contributed by atoms with van der Waals surface area (Å²) in [6.45, 7) is 9.39. The number of nitrogens with one attached hydrogen (secondary N) is 3. The first-order valence-electron chi connectivity index (χ1n) is 17.1. The van der Waals surface area contributed by atoms with Gasteiger partial charge in [0.1, 0.15) is 0 Å². The van der Waals surface area contributed by atoms with E-state index in [0.29, 0.717) is 0 Å². The van der Waals surface area contributed by atoms with Crippen molar-refractivity contribution in [2.45, 2.75) is 64.3 Å². The van der Waals surface area contributed by atoms with E-state index in [0.717, 1.165) is 89.2 Å². The summed E-state index contributed by atoms with van der Waals surface area (Å²) in [5, 5.41) is 8.61. The van der Waals surface area contributed by atoms with Gasteiger partial charge in [-0.1, -0.05) is 48.9 Å². The van der Waals surface area contributed by atoms with Gasteiger partial charge in [0.15, 0.2) is 0 Å². The van der Waals surface area contributed by atoms with Crippen molar-refractivity contribution >= 4 is 10.9 Å². The van der Waals surface area contributed by atoms with Crippen LogP contribution in [0.4, 0.5) is 0 Å². The van der Waals surface area contributed by atoms with E-state index in [1.54, 1.807) is 11.1 Å². The lowest BCUT2D eigenvalue weighted by Gasteiger charge is -2.27. The standard InChI is InChI=1S/C39H47N7/c1-3-17-42-34(8-1)25-40-19-22-45(23-20-41-26-35-9-2-4-18-43-35)27-30-10-12-31(13-11-30)28-46-21-16-36-37-24-33(32-6-5-7-32)14-15-38(37)44-39(36)29-46/h1-4,8-15,17-18,24,32,40-41,44H,5-7,16,19-23,25-29H2. The largest absolute Gasteiger partial charge is 0.357 e. The van der Waals surface area contributed by atoms with Gasteiger partial charge in [-0.3, -0.25) is 19.8 Å². The van der Waals surface area contributed by atoms with E-state index in [4.69, 9.17) is 0 Å². The SMILES string of the molecule is c1ccc(CNCCN(CCNCc2ccccn2)Cc2ccc(CN3CCc4c([nH]c5ccc(C6CCC6)cc45)C3)cc2)nc1. The number of aromatic amines is 1. The van der Waals surface area contributed by atoms with Crippen LogP contribution in [0.5, 0.6) is 0 Å². The summed E-state index contributed by atoms with van der Waals surface area (Å²) >= 11 is 0. The highest BCUT2D eigenvalue weighted by Crippen LogP contribution is 2.38. The van der Waals surface area contributed by atoms with Crippen molar-refractivity contribution in [2.75, 3.05) is 32.7 Å². The van der Waals surface area contributed by atoms with Gasteiger partial charge in [0, 0.05) is 94.4 Å². The maximum absolute atomic E-state index is 4.44. The second kappa shape index (κ2) is 15.1. The van der Waals surface area contributed by atoms with Gasteiger partial charge in [0.2, 0.25) is 0 Å². The van der Waals surface area contributed by atoms with Crippen molar-refractivity contribution in [1.82, 2.24) is 35.4 Å². The van der Waals surface area contributed by atoms with Crippen LogP contribution in [0.1, 0.15) is 64.5 Å². The third-order valence-corrected chi connectivity index (χ3v) is 9.76. The lowest BCUT2D eigenvalue weighted by molar-refractivity contribution is 0.243.